The van der Waals surface area contributed by atoms with E-state index in [4.69, 9.17) is 4.98 Å². The van der Waals surface area contributed by atoms with Crippen molar-refractivity contribution >= 4 is 45.6 Å². The van der Waals surface area contributed by atoms with Crippen molar-refractivity contribution in [3.05, 3.63) is 102 Å². The number of amides is 2. The number of rotatable bonds is 8. The van der Waals surface area contributed by atoms with Crippen molar-refractivity contribution in [3.8, 4) is 16.9 Å². The minimum atomic E-state index is -4.29. The third-order valence-electron chi connectivity index (χ3n) is 5.43. The molecule has 0 aliphatic carbocycles. The van der Waals surface area contributed by atoms with Gasteiger partial charge in [-0.2, -0.15) is 0 Å². The van der Waals surface area contributed by atoms with Gasteiger partial charge in [-0.25, -0.2) is 27.3 Å². The molecule has 1 radical (unpaired) electrons. The van der Waals surface area contributed by atoms with Crippen molar-refractivity contribution in [2.24, 2.45) is 0 Å². The summed E-state index contributed by atoms with van der Waals surface area (Å²) in [4.78, 5) is 16.2. The molecule has 0 unspecified atom stereocenters. The van der Waals surface area contributed by atoms with Crippen molar-refractivity contribution in [1.29, 1.82) is 0 Å². The number of carbonyl (C=O) groups excluding carboxylic acids is 1. The van der Waals surface area contributed by atoms with E-state index in [1.54, 1.807) is 0 Å². The second kappa shape index (κ2) is 12.3. The zero-order chi connectivity index (χ0) is 24.8. The summed E-state index contributed by atoms with van der Waals surface area (Å²) in [7, 11) is -4.29. The van der Waals surface area contributed by atoms with Gasteiger partial charge >= 0.3 is 6.03 Å². The summed E-state index contributed by atoms with van der Waals surface area (Å²) in [5.41, 5.74) is 3.90. The third kappa shape index (κ3) is 6.61. The number of aromatic nitrogens is 2. The van der Waals surface area contributed by atoms with Gasteiger partial charge in [0.1, 0.15) is 16.5 Å². The van der Waals surface area contributed by atoms with E-state index < -0.39 is 26.8 Å². The molecular weight excluding hydrogens is 490 g/mol. The molecule has 181 valence electrons. The molecule has 3 aromatic carbocycles. The number of aryl methyl sites for hydroxylation is 1. The Bertz CT molecular complexity index is 1430. The van der Waals surface area contributed by atoms with Gasteiger partial charge in [0, 0.05) is 60.0 Å². The summed E-state index contributed by atoms with van der Waals surface area (Å²) in [6.45, 7) is 2.27. The maximum absolute atomic E-state index is 13.7. The van der Waals surface area contributed by atoms with Gasteiger partial charge in [-0.1, -0.05) is 61.5 Å². The molecule has 1 aromatic heterocycles. The minimum Gasteiger partial charge on any atom is -0.337 e. The number of nitrogens with one attached hydrogen (secondary N) is 2. The molecule has 0 aliphatic rings. The molecule has 0 atom stereocenters. The van der Waals surface area contributed by atoms with E-state index in [0.29, 0.717) is 6.42 Å². The third-order valence-corrected chi connectivity index (χ3v) is 6.80. The van der Waals surface area contributed by atoms with Crippen LogP contribution < -0.4 is 10.0 Å². The second-order valence-electron chi connectivity index (χ2n) is 7.84. The zero-order valence-electron chi connectivity index (χ0n) is 20.1. The van der Waals surface area contributed by atoms with E-state index in [9.17, 15) is 17.6 Å². The van der Waals surface area contributed by atoms with Gasteiger partial charge in [0.05, 0.1) is 5.69 Å². The van der Waals surface area contributed by atoms with Crippen molar-refractivity contribution in [2.45, 2.75) is 24.7 Å². The van der Waals surface area contributed by atoms with Crippen LogP contribution >= 0.6 is 0 Å². The Morgan fingerprint density at radius 2 is 1.64 bits per heavy atom. The monoisotopic (exact) mass is 515 g/mol. The molecule has 0 spiro atoms. The van der Waals surface area contributed by atoms with Crippen molar-refractivity contribution in [3.63, 3.8) is 0 Å². The summed E-state index contributed by atoms with van der Waals surface area (Å²) in [5.74, 6) is 0.0268. The van der Waals surface area contributed by atoms with E-state index in [0.717, 1.165) is 46.9 Å². The van der Waals surface area contributed by atoms with Crippen LogP contribution in [0.2, 0.25) is 0 Å². The number of imidazole rings is 1. The van der Waals surface area contributed by atoms with Crippen LogP contribution in [0.1, 0.15) is 18.3 Å². The Morgan fingerprint density at radius 3 is 2.31 bits per heavy atom. The maximum Gasteiger partial charge on any atom is 0.328 e. The molecule has 4 aromatic rings. The van der Waals surface area contributed by atoms with Gasteiger partial charge < -0.3 is 9.88 Å². The molecule has 36 heavy (non-hydrogen) atoms. The first-order valence-corrected chi connectivity index (χ1v) is 12.6. The number of urea groups is 1. The molecule has 7 nitrogen and oxygen atoms in total. The summed E-state index contributed by atoms with van der Waals surface area (Å²) in [6, 6.07) is 21.8. The Hall–Kier alpha value is -2.98. The van der Waals surface area contributed by atoms with E-state index in [1.165, 1.54) is 12.1 Å². The number of benzene rings is 3. The molecule has 4 rings (SSSR count). The van der Waals surface area contributed by atoms with E-state index >= 15 is 0 Å². The van der Waals surface area contributed by atoms with Gasteiger partial charge in [-0.3, -0.25) is 0 Å². The fourth-order valence-electron chi connectivity index (χ4n) is 3.66. The summed E-state index contributed by atoms with van der Waals surface area (Å²) >= 11 is 0. The van der Waals surface area contributed by atoms with Crippen molar-refractivity contribution < 1.29 is 17.6 Å². The molecule has 2 amide bonds. The molecule has 0 aliphatic heterocycles. The Balaban J connectivity index is 0.00000361. The summed E-state index contributed by atoms with van der Waals surface area (Å²) in [6.07, 6.45) is 3.29. The standard InChI is InChI=1S/C26H25FN4O3S.Na/c1-2-25-29-23(20-8-4-3-5-9-20)18-31(25)21-14-12-19(13-15-21)16-17-28-26(32)30-35(33,34)24-11-7-6-10-22(24)27;/h3-15,18H,2,16-17H2,1H3,(H2,28,30,32);. The first kappa shape index (κ1) is 27.6. The molecule has 0 saturated heterocycles. The fraction of sp³-hybridized carbons (Fsp3) is 0.154. The number of hydrogen-bond acceptors (Lipinski definition) is 4. The molecule has 1 heterocycles. The van der Waals surface area contributed by atoms with Gasteiger partial charge in [-0.15, -0.1) is 0 Å². The topological polar surface area (TPSA) is 93.1 Å². The molecule has 0 saturated carbocycles. The van der Waals surface area contributed by atoms with Gasteiger partial charge in [0.15, 0.2) is 0 Å². The number of nitrogens with zero attached hydrogens (tertiary/aromatic N) is 2. The Kier molecular flexibility index (Phi) is 9.44. The number of sulfonamides is 1. The normalized spacial score (nSPS) is 10.9. The second-order valence-corrected chi connectivity index (χ2v) is 9.49. The Labute approximate surface area is 232 Å². The van der Waals surface area contributed by atoms with Crippen LogP contribution in [0.15, 0.2) is 90.0 Å². The van der Waals surface area contributed by atoms with Gasteiger partial charge in [0.2, 0.25) is 0 Å². The van der Waals surface area contributed by atoms with Crippen LogP contribution in [0, 0.1) is 5.82 Å². The summed E-state index contributed by atoms with van der Waals surface area (Å²) < 4.78 is 42.0. The first-order chi connectivity index (χ1) is 16.9. The van der Waals surface area contributed by atoms with E-state index in [-0.39, 0.29) is 36.1 Å². The molecular formula is C26H25FN4NaO3S. The predicted molar refractivity (Wildman–Crippen MR) is 138 cm³/mol. The predicted octanol–water partition coefficient (Wildman–Crippen LogP) is 4.09. The Morgan fingerprint density at radius 1 is 0.972 bits per heavy atom. The van der Waals surface area contributed by atoms with Crippen molar-refractivity contribution in [1.82, 2.24) is 19.6 Å². The zero-order valence-corrected chi connectivity index (χ0v) is 22.9. The smallest absolute Gasteiger partial charge is 0.328 e. The van der Waals surface area contributed by atoms with Crippen molar-refractivity contribution in [2.75, 3.05) is 6.54 Å². The largest absolute Gasteiger partial charge is 0.337 e. The number of carbonyl (C=O) groups is 1. The SMILES string of the molecule is CCc1nc(-c2ccccc2)cn1-c1ccc(CCNC(=O)NS(=O)(=O)c2ccccc2F)cc1.[Na]. The van der Waals surface area contributed by atoms with Crippen LogP contribution in [0.5, 0.6) is 0 Å². The first-order valence-electron chi connectivity index (χ1n) is 11.2. The van der Waals surface area contributed by atoms with Crippen LogP contribution in [-0.2, 0) is 22.9 Å². The van der Waals surface area contributed by atoms with Crippen LogP contribution in [0.4, 0.5) is 9.18 Å². The van der Waals surface area contributed by atoms with E-state index in [1.807, 2.05) is 65.5 Å². The molecule has 0 bridgehead atoms. The average molecular weight is 516 g/mol. The number of halogens is 1. The molecule has 10 heteroatoms. The molecule has 0 fully saturated rings. The van der Waals surface area contributed by atoms with Crippen LogP contribution in [0.25, 0.3) is 16.9 Å². The van der Waals surface area contributed by atoms with Crippen LogP contribution in [0.3, 0.4) is 0 Å². The van der Waals surface area contributed by atoms with Gasteiger partial charge in [-0.05, 0) is 36.2 Å². The fourth-order valence-corrected chi connectivity index (χ4v) is 4.67. The quantitative estimate of drug-likeness (QED) is 0.346. The maximum atomic E-state index is 13.7. The number of hydrogen-bond donors (Lipinski definition) is 2. The minimum absolute atomic E-state index is 0. The van der Waals surface area contributed by atoms with Gasteiger partial charge in [0.25, 0.3) is 10.0 Å². The van der Waals surface area contributed by atoms with Crippen LogP contribution in [-0.4, -0.2) is 60.1 Å². The van der Waals surface area contributed by atoms with E-state index in [2.05, 4.69) is 16.8 Å². The summed E-state index contributed by atoms with van der Waals surface area (Å²) in [5, 5.41) is 2.50. The molecule has 2 N–H and O–H groups in total. The average Bonchev–Trinajstić information content (AvgIpc) is 3.29.